The van der Waals surface area contributed by atoms with E-state index in [1.807, 2.05) is 0 Å². The van der Waals surface area contributed by atoms with Crippen molar-refractivity contribution in [1.29, 1.82) is 0 Å². The van der Waals surface area contributed by atoms with Crippen molar-refractivity contribution in [3.8, 4) is 0 Å². The fraction of sp³-hybridized carbons (Fsp3) is 0.150. The molecule has 0 unspecified atom stereocenters. The van der Waals surface area contributed by atoms with Gasteiger partial charge in [0.2, 0.25) is 0 Å². The average Bonchev–Trinajstić information content (AvgIpc) is 2.63. The number of esters is 2. The first-order valence-electron chi connectivity index (χ1n) is 7.93. The third-order valence-electron chi connectivity index (χ3n) is 3.40. The molecule has 0 radical (unpaired) electrons. The molecular weight excluding hydrogens is 372 g/mol. The molecule has 2 rings (SSSR count). The maximum absolute atomic E-state index is 12.4. The van der Waals surface area contributed by atoms with Crippen LogP contribution in [0.1, 0.15) is 29.8 Å². The van der Waals surface area contributed by atoms with Crippen molar-refractivity contribution in [2.75, 3.05) is 0 Å². The number of hydrogen-bond acceptors (Lipinski definition) is 6. The van der Waals surface area contributed by atoms with Gasteiger partial charge in [0.15, 0.2) is 0 Å². The summed E-state index contributed by atoms with van der Waals surface area (Å²) in [4.78, 5) is 35.4. The Hall–Kier alpha value is -3.12. The third-order valence-corrected chi connectivity index (χ3v) is 3.71. The number of allylic oxidation sites excluding steroid dienone is 4. The molecule has 6 nitrogen and oxygen atoms in total. The second kappa shape index (κ2) is 9.00. The second-order valence-corrected chi connectivity index (χ2v) is 5.81. The van der Waals surface area contributed by atoms with Gasteiger partial charge in [-0.2, -0.15) is 0 Å². The number of halogens is 1. The van der Waals surface area contributed by atoms with Crippen LogP contribution in [0.25, 0.3) is 11.0 Å². The van der Waals surface area contributed by atoms with E-state index in [1.165, 1.54) is 25.1 Å². The van der Waals surface area contributed by atoms with Crippen LogP contribution in [0.5, 0.6) is 0 Å². The van der Waals surface area contributed by atoms with Crippen LogP contribution in [0, 0.1) is 0 Å². The van der Waals surface area contributed by atoms with Crippen molar-refractivity contribution in [2.24, 2.45) is 0 Å². The monoisotopic (exact) mass is 388 g/mol. The van der Waals surface area contributed by atoms with Crippen LogP contribution in [0.4, 0.5) is 0 Å². The number of hydrogen-bond donors (Lipinski definition) is 0. The highest BCUT2D eigenvalue weighted by Gasteiger charge is 2.17. The molecule has 7 heteroatoms. The Labute approximate surface area is 160 Å². The van der Waals surface area contributed by atoms with Crippen LogP contribution in [0.3, 0.4) is 0 Å². The van der Waals surface area contributed by atoms with Gasteiger partial charge in [-0.3, -0.25) is 4.79 Å². The molecule has 0 N–H and O–H groups in total. The molecule has 0 aliphatic heterocycles. The Balaban J connectivity index is 2.39. The Morgan fingerprint density at radius 2 is 2.04 bits per heavy atom. The van der Waals surface area contributed by atoms with E-state index in [4.69, 9.17) is 25.5 Å². The SMILES string of the molecule is C=C/C(OC(=O)c1cc2cc(COC(C)=O)ccc2oc1=O)=C(Cl)\C=C/C. The first-order valence-corrected chi connectivity index (χ1v) is 8.30. The summed E-state index contributed by atoms with van der Waals surface area (Å²) in [5.41, 5.74) is -0.175. The lowest BCUT2D eigenvalue weighted by Gasteiger charge is -2.07. The Morgan fingerprint density at radius 3 is 2.67 bits per heavy atom. The minimum Gasteiger partial charge on any atom is -0.461 e. The molecule has 0 atom stereocenters. The zero-order valence-electron chi connectivity index (χ0n) is 14.8. The predicted octanol–water partition coefficient (Wildman–Crippen LogP) is 4.23. The van der Waals surface area contributed by atoms with Gasteiger partial charge in [-0.1, -0.05) is 30.3 Å². The van der Waals surface area contributed by atoms with E-state index in [1.54, 1.807) is 31.2 Å². The minimum atomic E-state index is -0.923. The van der Waals surface area contributed by atoms with E-state index in [0.29, 0.717) is 10.9 Å². The Kier molecular flexibility index (Phi) is 6.73. The van der Waals surface area contributed by atoms with Crippen molar-refractivity contribution in [3.05, 3.63) is 81.4 Å². The van der Waals surface area contributed by atoms with Gasteiger partial charge < -0.3 is 13.9 Å². The quantitative estimate of drug-likeness (QED) is 0.319. The van der Waals surface area contributed by atoms with Gasteiger partial charge in [0.25, 0.3) is 0 Å². The van der Waals surface area contributed by atoms with Crippen molar-refractivity contribution in [2.45, 2.75) is 20.5 Å². The zero-order chi connectivity index (χ0) is 20.0. The highest BCUT2D eigenvalue weighted by molar-refractivity contribution is 6.31. The molecule has 1 aromatic carbocycles. The fourth-order valence-electron chi connectivity index (χ4n) is 2.16. The molecule has 0 bridgehead atoms. The highest BCUT2D eigenvalue weighted by Crippen LogP contribution is 2.19. The third kappa shape index (κ3) is 5.18. The molecule has 0 fully saturated rings. The molecule has 27 heavy (non-hydrogen) atoms. The van der Waals surface area contributed by atoms with E-state index in [2.05, 4.69) is 6.58 Å². The number of ether oxygens (including phenoxy) is 2. The largest absolute Gasteiger partial charge is 0.461 e. The van der Waals surface area contributed by atoms with Gasteiger partial charge in [-0.05, 0) is 42.8 Å². The average molecular weight is 389 g/mol. The number of benzene rings is 1. The van der Waals surface area contributed by atoms with Crippen molar-refractivity contribution >= 4 is 34.5 Å². The molecule has 1 aromatic heterocycles. The van der Waals surface area contributed by atoms with E-state index >= 15 is 0 Å². The predicted molar refractivity (Wildman–Crippen MR) is 101 cm³/mol. The van der Waals surface area contributed by atoms with E-state index in [9.17, 15) is 14.4 Å². The van der Waals surface area contributed by atoms with Crippen LogP contribution < -0.4 is 5.63 Å². The fourth-order valence-corrected chi connectivity index (χ4v) is 2.40. The smallest absolute Gasteiger partial charge is 0.351 e. The molecular formula is C20H17ClO6. The molecule has 2 aromatic rings. The van der Waals surface area contributed by atoms with Crippen molar-refractivity contribution in [1.82, 2.24) is 0 Å². The maximum Gasteiger partial charge on any atom is 0.351 e. The molecule has 0 saturated heterocycles. The number of rotatable bonds is 6. The normalized spacial score (nSPS) is 12.0. The lowest BCUT2D eigenvalue weighted by molar-refractivity contribution is -0.142. The first kappa shape index (κ1) is 20.2. The molecule has 0 aliphatic carbocycles. The highest BCUT2D eigenvalue weighted by atomic mass is 35.5. The van der Waals surface area contributed by atoms with Gasteiger partial charge in [-0.25, -0.2) is 9.59 Å². The molecule has 1 heterocycles. The van der Waals surface area contributed by atoms with Gasteiger partial charge in [0, 0.05) is 12.3 Å². The molecule has 140 valence electrons. The summed E-state index contributed by atoms with van der Waals surface area (Å²) in [7, 11) is 0. The summed E-state index contributed by atoms with van der Waals surface area (Å²) >= 11 is 6.00. The lowest BCUT2D eigenvalue weighted by atomic mass is 10.1. The zero-order valence-corrected chi connectivity index (χ0v) is 15.5. The summed E-state index contributed by atoms with van der Waals surface area (Å²) in [6, 6.07) is 6.21. The molecule has 0 spiro atoms. The maximum atomic E-state index is 12.4. The van der Waals surface area contributed by atoms with Crippen LogP contribution in [-0.4, -0.2) is 11.9 Å². The van der Waals surface area contributed by atoms with Crippen LogP contribution in [0.2, 0.25) is 0 Å². The van der Waals surface area contributed by atoms with Crippen LogP contribution >= 0.6 is 11.6 Å². The lowest BCUT2D eigenvalue weighted by Crippen LogP contribution is -2.16. The van der Waals surface area contributed by atoms with Gasteiger partial charge in [0.05, 0.1) is 5.03 Å². The van der Waals surface area contributed by atoms with Gasteiger partial charge >= 0.3 is 17.6 Å². The summed E-state index contributed by atoms with van der Waals surface area (Å²) in [6.45, 7) is 6.64. The van der Waals surface area contributed by atoms with Gasteiger partial charge in [-0.15, -0.1) is 0 Å². The Bertz CT molecular complexity index is 1010. The first-order chi connectivity index (χ1) is 12.8. The van der Waals surface area contributed by atoms with Gasteiger partial charge in [0.1, 0.15) is 23.5 Å². The van der Waals surface area contributed by atoms with Crippen LogP contribution in [0.15, 0.2) is 69.1 Å². The molecule has 0 amide bonds. The molecule has 0 saturated carbocycles. The van der Waals surface area contributed by atoms with Crippen molar-refractivity contribution in [3.63, 3.8) is 0 Å². The summed E-state index contributed by atoms with van der Waals surface area (Å²) in [5, 5.41) is 0.643. The van der Waals surface area contributed by atoms with Crippen molar-refractivity contribution < 1.29 is 23.5 Å². The summed E-state index contributed by atoms with van der Waals surface area (Å²) < 4.78 is 15.2. The number of fused-ring (bicyclic) bond motifs is 1. The van der Waals surface area contributed by atoms with E-state index < -0.39 is 17.6 Å². The topological polar surface area (TPSA) is 82.8 Å². The number of carbonyl (C=O) groups is 2. The summed E-state index contributed by atoms with van der Waals surface area (Å²) in [5.74, 6) is -1.32. The van der Waals surface area contributed by atoms with E-state index in [0.717, 1.165) is 0 Å². The molecule has 0 aliphatic rings. The van der Waals surface area contributed by atoms with Crippen LogP contribution in [-0.2, 0) is 20.9 Å². The van der Waals surface area contributed by atoms with E-state index in [-0.39, 0.29) is 28.5 Å². The standard InChI is InChI=1S/C20H17ClO6/c1-4-6-16(21)17(5-2)26-19(23)15-10-14-9-13(11-25-12(3)22)7-8-18(14)27-20(15)24/h4-10H,2,11H2,1,3H3/b6-4-,17-16-. The second-order valence-electron chi connectivity index (χ2n) is 5.41. The summed E-state index contributed by atoms with van der Waals surface area (Å²) in [6.07, 6.45) is 4.45. The number of carbonyl (C=O) groups excluding carboxylic acids is 2. The Morgan fingerprint density at radius 1 is 1.30 bits per heavy atom. The minimum absolute atomic E-state index is 0.0165.